The molecule has 2 heterocycles. The van der Waals surface area contributed by atoms with Gasteiger partial charge in [0.05, 0.1) is 25.4 Å². The molecule has 3 atom stereocenters. The van der Waals surface area contributed by atoms with Crippen LogP contribution in [0.5, 0.6) is 0 Å². The molecule has 0 radical (unpaired) electrons. The van der Waals surface area contributed by atoms with Crippen LogP contribution in [-0.4, -0.2) is 70.2 Å². The molecular weight excluding hydrogens is 296 g/mol. The Hall–Kier alpha value is -1.44. The lowest BCUT2D eigenvalue weighted by molar-refractivity contribution is -0.0154. The van der Waals surface area contributed by atoms with Gasteiger partial charge >= 0.3 is 0 Å². The number of nitrogens with one attached hydrogen (secondary N) is 1. The Morgan fingerprint density at radius 2 is 2.22 bits per heavy atom. The van der Waals surface area contributed by atoms with E-state index in [0.717, 1.165) is 52.1 Å². The number of carbonyl (C=O) groups is 1. The minimum Gasteiger partial charge on any atom is -0.389 e. The van der Waals surface area contributed by atoms with Gasteiger partial charge in [-0.3, -0.25) is 14.4 Å². The fourth-order valence-electron chi connectivity index (χ4n) is 3.50. The summed E-state index contributed by atoms with van der Waals surface area (Å²) in [4.78, 5) is 14.6. The van der Waals surface area contributed by atoms with Crippen LogP contribution in [0, 0.1) is 0 Å². The Bertz CT molecular complexity index is 527. The molecule has 23 heavy (non-hydrogen) atoms. The largest absolute Gasteiger partial charge is 0.389 e. The zero-order valence-corrected chi connectivity index (χ0v) is 13.6. The molecule has 0 spiro atoms. The van der Waals surface area contributed by atoms with Gasteiger partial charge in [0.25, 0.3) is 5.91 Å². The fraction of sp³-hybridized carbons (Fsp3) is 0.750. The third-order valence-corrected chi connectivity index (χ3v) is 4.74. The monoisotopic (exact) mass is 322 g/mol. The summed E-state index contributed by atoms with van der Waals surface area (Å²) < 4.78 is 7.14. The van der Waals surface area contributed by atoms with E-state index in [-0.39, 0.29) is 18.0 Å². The van der Waals surface area contributed by atoms with Crippen molar-refractivity contribution in [2.45, 2.75) is 50.9 Å². The topological polar surface area (TPSA) is 79.6 Å². The minimum absolute atomic E-state index is 0.113. The molecule has 128 valence electrons. The number of morpholine rings is 1. The first kappa shape index (κ1) is 16.4. The summed E-state index contributed by atoms with van der Waals surface area (Å²) in [7, 11) is 0. The highest BCUT2D eigenvalue weighted by molar-refractivity contribution is 5.92. The second kappa shape index (κ2) is 7.42. The second-order valence-corrected chi connectivity index (χ2v) is 6.33. The molecule has 1 saturated heterocycles. The van der Waals surface area contributed by atoms with Gasteiger partial charge in [-0.25, -0.2) is 0 Å². The lowest BCUT2D eigenvalue weighted by Gasteiger charge is -2.34. The van der Waals surface area contributed by atoms with Crippen molar-refractivity contribution < 1.29 is 14.6 Å². The quantitative estimate of drug-likeness (QED) is 0.812. The Morgan fingerprint density at radius 3 is 2.96 bits per heavy atom. The van der Waals surface area contributed by atoms with Gasteiger partial charge in [-0.15, -0.1) is 0 Å². The van der Waals surface area contributed by atoms with E-state index in [1.54, 1.807) is 10.7 Å². The highest BCUT2D eigenvalue weighted by Gasteiger charge is 2.39. The highest BCUT2D eigenvalue weighted by Crippen LogP contribution is 2.25. The Kier molecular flexibility index (Phi) is 5.30. The number of hydrogen-bond donors (Lipinski definition) is 2. The van der Waals surface area contributed by atoms with Crippen LogP contribution in [0.4, 0.5) is 0 Å². The first-order valence-corrected chi connectivity index (χ1v) is 8.53. The van der Waals surface area contributed by atoms with Gasteiger partial charge in [0.1, 0.15) is 5.69 Å². The highest BCUT2D eigenvalue weighted by atomic mass is 16.5. The molecule has 2 aliphatic rings. The van der Waals surface area contributed by atoms with E-state index in [1.807, 2.05) is 6.20 Å². The first-order chi connectivity index (χ1) is 11.2. The molecule has 2 fully saturated rings. The summed E-state index contributed by atoms with van der Waals surface area (Å²) in [5.41, 5.74) is 0.417. The third-order valence-electron chi connectivity index (χ3n) is 4.74. The molecule has 1 aromatic rings. The van der Waals surface area contributed by atoms with Crippen molar-refractivity contribution in [3.8, 4) is 0 Å². The zero-order valence-electron chi connectivity index (χ0n) is 13.6. The molecule has 1 saturated carbocycles. The predicted octanol–water partition coefficient (Wildman–Crippen LogP) is 0.247. The zero-order chi connectivity index (χ0) is 16.2. The number of ether oxygens (including phenoxy) is 1. The van der Waals surface area contributed by atoms with Gasteiger partial charge < -0.3 is 15.2 Å². The summed E-state index contributed by atoms with van der Waals surface area (Å²) in [5.74, 6) is -0.202. The van der Waals surface area contributed by atoms with Crippen LogP contribution in [0.25, 0.3) is 0 Å². The predicted molar refractivity (Wildman–Crippen MR) is 85.2 cm³/mol. The molecule has 1 amide bonds. The van der Waals surface area contributed by atoms with Crippen LogP contribution >= 0.6 is 0 Å². The van der Waals surface area contributed by atoms with E-state index in [2.05, 4.69) is 22.2 Å². The average Bonchev–Trinajstić information content (AvgIpc) is 3.17. The first-order valence-electron chi connectivity index (χ1n) is 8.53. The molecule has 1 aliphatic carbocycles. The van der Waals surface area contributed by atoms with Crippen molar-refractivity contribution in [3.63, 3.8) is 0 Å². The van der Waals surface area contributed by atoms with Gasteiger partial charge in [-0.1, -0.05) is 6.92 Å². The molecule has 0 bridgehead atoms. The molecule has 3 rings (SSSR count). The van der Waals surface area contributed by atoms with E-state index < -0.39 is 6.10 Å². The molecule has 1 aromatic heterocycles. The molecule has 7 nitrogen and oxygen atoms in total. The van der Waals surface area contributed by atoms with Crippen molar-refractivity contribution in [2.75, 3.05) is 26.3 Å². The summed E-state index contributed by atoms with van der Waals surface area (Å²) in [6, 6.07) is 1.64. The Morgan fingerprint density at radius 1 is 1.43 bits per heavy atom. The summed E-state index contributed by atoms with van der Waals surface area (Å²) >= 11 is 0. The van der Waals surface area contributed by atoms with Crippen molar-refractivity contribution in [2.24, 2.45) is 0 Å². The number of nitrogens with zero attached hydrogens (tertiary/aromatic N) is 3. The van der Waals surface area contributed by atoms with Crippen molar-refractivity contribution in [3.05, 3.63) is 18.0 Å². The number of rotatable bonds is 5. The fourth-order valence-corrected chi connectivity index (χ4v) is 3.50. The molecule has 0 aromatic carbocycles. The average molecular weight is 322 g/mol. The van der Waals surface area contributed by atoms with Gasteiger partial charge in [-0.2, -0.15) is 5.10 Å². The standard InChI is InChI=1S/C16H26N4O3/c1-2-6-20-7-5-13(18-20)16(22)17-12-3-4-14(15(12)21)19-8-10-23-11-9-19/h5,7,12,14-15,21H,2-4,6,8-11H2,1H3,(H,17,22)/t12-,14-,15-/m1/s1. The van der Waals surface area contributed by atoms with Crippen LogP contribution in [0.2, 0.25) is 0 Å². The molecular formula is C16H26N4O3. The maximum atomic E-state index is 12.3. The minimum atomic E-state index is -0.533. The van der Waals surface area contributed by atoms with Crippen LogP contribution in [0.1, 0.15) is 36.7 Å². The number of carbonyl (C=O) groups excluding carboxylic acids is 1. The van der Waals surface area contributed by atoms with Crippen LogP contribution in [0.15, 0.2) is 12.3 Å². The third kappa shape index (κ3) is 3.73. The van der Waals surface area contributed by atoms with Crippen LogP contribution in [0.3, 0.4) is 0 Å². The lowest BCUT2D eigenvalue weighted by Crippen LogP contribution is -2.51. The van der Waals surface area contributed by atoms with Crippen molar-refractivity contribution >= 4 is 5.91 Å². The van der Waals surface area contributed by atoms with Crippen LogP contribution in [-0.2, 0) is 11.3 Å². The van der Waals surface area contributed by atoms with Gasteiger partial charge in [0.15, 0.2) is 0 Å². The van der Waals surface area contributed by atoms with Crippen LogP contribution < -0.4 is 5.32 Å². The maximum Gasteiger partial charge on any atom is 0.272 e. The van der Waals surface area contributed by atoms with E-state index >= 15 is 0 Å². The number of amides is 1. The summed E-state index contributed by atoms with van der Waals surface area (Å²) in [5, 5.41) is 17.8. The Balaban J connectivity index is 1.56. The number of hydrogen-bond acceptors (Lipinski definition) is 5. The number of aromatic nitrogens is 2. The number of aryl methyl sites for hydroxylation is 1. The molecule has 7 heteroatoms. The lowest BCUT2D eigenvalue weighted by atomic mass is 10.1. The summed E-state index contributed by atoms with van der Waals surface area (Å²) in [6.45, 7) is 6.01. The summed E-state index contributed by atoms with van der Waals surface area (Å²) in [6.07, 6.45) is 3.96. The van der Waals surface area contributed by atoms with E-state index in [4.69, 9.17) is 4.74 Å². The molecule has 0 unspecified atom stereocenters. The van der Waals surface area contributed by atoms with Gasteiger partial charge in [0, 0.05) is 31.9 Å². The van der Waals surface area contributed by atoms with Crippen molar-refractivity contribution in [1.82, 2.24) is 20.0 Å². The normalized spacial score (nSPS) is 28.9. The second-order valence-electron chi connectivity index (χ2n) is 6.33. The smallest absolute Gasteiger partial charge is 0.272 e. The van der Waals surface area contributed by atoms with Gasteiger partial charge in [0.2, 0.25) is 0 Å². The van der Waals surface area contributed by atoms with E-state index in [0.29, 0.717) is 5.69 Å². The number of aliphatic hydroxyl groups excluding tert-OH is 1. The molecule has 1 aliphatic heterocycles. The van der Waals surface area contributed by atoms with E-state index in [9.17, 15) is 9.90 Å². The number of aliphatic hydroxyl groups is 1. The van der Waals surface area contributed by atoms with Crippen molar-refractivity contribution in [1.29, 1.82) is 0 Å². The molecule has 2 N–H and O–H groups in total. The van der Waals surface area contributed by atoms with Gasteiger partial charge in [-0.05, 0) is 25.3 Å². The van der Waals surface area contributed by atoms with E-state index in [1.165, 1.54) is 0 Å². The Labute approximate surface area is 136 Å². The SMILES string of the molecule is CCCn1ccc(C(=O)N[C@@H]2CC[C@@H](N3CCOCC3)[C@@H]2O)n1. The maximum absolute atomic E-state index is 12.3.